The molecule has 27 heavy (non-hydrogen) atoms. The summed E-state index contributed by atoms with van der Waals surface area (Å²) in [5.74, 6) is 0.00315. The Kier molecular flexibility index (Phi) is 5.69. The van der Waals surface area contributed by atoms with Gasteiger partial charge in [-0.05, 0) is 25.5 Å². The third-order valence-electron chi connectivity index (χ3n) is 5.30. The number of piperazine rings is 1. The summed E-state index contributed by atoms with van der Waals surface area (Å²) in [6.07, 6.45) is 2.09. The van der Waals surface area contributed by atoms with Gasteiger partial charge in [0.1, 0.15) is 5.69 Å². The van der Waals surface area contributed by atoms with Gasteiger partial charge in [0.2, 0.25) is 5.91 Å². The van der Waals surface area contributed by atoms with E-state index < -0.39 is 9.84 Å². The van der Waals surface area contributed by atoms with E-state index in [1.54, 1.807) is 24.1 Å². The molecule has 1 aromatic heterocycles. The average Bonchev–Trinajstić information content (AvgIpc) is 3.02. The second-order valence-electron chi connectivity index (χ2n) is 7.04. The summed E-state index contributed by atoms with van der Waals surface area (Å²) in [5, 5.41) is 0. The molecule has 0 saturated carbocycles. The minimum atomic E-state index is -3.06. The minimum absolute atomic E-state index is 0.0271. The van der Waals surface area contributed by atoms with Crippen LogP contribution < -0.4 is 4.90 Å². The highest BCUT2D eigenvalue weighted by Crippen LogP contribution is 2.22. The van der Waals surface area contributed by atoms with Crippen LogP contribution in [0.15, 0.2) is 18.3 Å². The second-order valence-corrected chi connectivity index (χ2v) is 9.27. The number of amides is 2. The van der Waals surface area contributed by atoms with Gasteiger partial charge in [0.15, 0.2) is 9.84 Å². The molecule has 2 aliphatic rings. The monoisotopic (exact) mass is 394 g/mol. The van der Waals surface area contributed by atoms with Crippen molar-refractivity contribution in [3.05, 3.63) is 24.0 Å². The number of anilines is 1. The zero-order valence-electron chi connectivity index (χ0n) is 15.8. The Morgan fingerprint density at radius 3 is 2.52 bits per heavy atom. The fourth-order valence-electron chi connectivity index (χ4n) is 3.75. The van der Waals surface area contributed by atoms with E-state index in [2.05, 4.69) is 9.88 Å². The molecule has 0 N–H and O–H groups in total. The number of carbonyl (C=O) groups excluding carboxylic acids is 2. The van der Waals surface area contributed by atoms with Gasteiger partial charge < -0.3 is 14.7 Å². The molecule has 2 aliphatic heterocycles. The number of hydrogen-bond donors (Lipinski definition) is 0. The molecule has 0 radical (unpaired) electrons. The molecular formula is C18H26N4O4S. The van der Waals surface area contributed by atoms with E-state index in [1.807, 2.05) is 17.9 Å². The largest absolute Gasteiger partial charge is 0.368 e. The third-order valence-corrected chi connectivity index (χ3v) is 7.05. The molecule has 2 fully saturated rings. The SMILES string of the molecule is CCN(C(=O)c1cc(N2CCN(C(C)=O)CC2)ccn1)C1CCS(=O)(=O)C1. The highest BCUT2D eigenvalue weighted by molar-refractivity contribution is 7.91. The highest BCUT2D eigenvalue weighted by atomic mass is 32.2. The smallest absolute Gasteiger partial charge is 0.272 e. The molecule has 1 aromatic rings. The first-order valence-corrected chi connectivity index (χ1v) is 11.1. The average molecular weight is 394 g/mol. The number of aromatic nitrogens is 1. The fraction of sp³-hybridized carbons (Fsp3) is 0.611. The van der Waals surface area contributed by atoms with Crippen molar-refractivity contribution in [2.75, 3.05) is 49.1 Å². The van der Waals surface area contributed by atoms with Crippen LogP contribution in [-0.2, 0) is 14.6 Å². The molecule has 9 heteroatoms. The number of nitrogens with zero attached hydrogens (tertiary/aromatic N) is 4. The van der Waals surface area contributed by atoms with Crippen LogP contribution in [0.4, 0.5) is 5.69 Å². The van der Waals surface area contributed by atoms with Gasteiger partial charge >= 0.3 is 0 Å². The van der Waals surface area contributed by atoms with Crippen LogP contribution in [0, 0.1) is 0 Å². The van der Waals surface area contributed by atoms with E-state index in [1.165, 1.54) is 0 Å². The summed E-state index contributed by atoms with van der Waals surface area (Å²) in [5.41, 5.74) is 1.22. The predicted molar refractivity (Wildman–Crippen MR) is 102 cm³/mol. The molecule has 0 aromatic carbocycles. The lowest BCUT2D eigenvalue weighted by atomic mass is 10.2. The Morgan fingerprint density at radius 1 is 1.26 bits per heavy atom. The van der Waals surface area contributed by atoms with Crippen molar-refractivity contribution in [1.29, 1.82) is 0 Å². The topological polar surface area (TPSA) is 90.9 Å². The molecule has 1 atom stereocenters. The minimum Gasteiger partial charge on any atom is -0.368 e. The van der Waals surface area contributed by atoms with Crippen LogP contribution in [-0.4, -0.2) is 85.3 Å². The van der Waals surface area contributed by atoms with Gasteiger partial charge in [-0.1, -0.05) is 0 Å². The Labute approximate surface area is 160 Å². The number of rotatable bonds is 4. The predicted octanol–water partition coefficient (Wildman–Crippen LogP) is 0.399. The van der Waals surface area contributed by atoms with Crippen LogP contribution in [0.2, 0.25) is 0 Å². The number of pyridine rings is 1. The first-order valence-electron chi connectivity index (χ1n) is 9.28. The quantitative estimate of drug-likeness (QED) is 0.734. The number of sulfone groups is 1. The molecule has 8 nitrogen and oxygen atoms in total. The summed E-state index contributed by atoms with van der Waals surface area (Å²) < 4.78 is 23.5. The second kappa shape index (κ2) is 7.84. The Balaban J connectivity index is 1.73. The molecule has 148 valence electrons. The van der Waals surface area contributed by atoms with Crippen LogP contribution in [0.25, 0.3) is 0 Å². The molecular weight excluding hydrogens is 368 g/mol. The lowest BCUT2D eigenvalue weighted by Crippen LogP contribution is -2.48. The van der Waals surface area contributed by atoms with Gasteiger partial charge in [-0.25, -0.2) is 8.42 Å². The summed E-state index contributed by atoms with van der Waals surface area (Å²) in [4.78, 5) is 34.2. The molecule has 2 saturated heterocycles. The van der Waals surface area contributed by atoms with Crippen molar-refractivity contribution in [3.8, 4) is 0 Å². The van der Waals surface area contributed by atoms with Crippen LogP contribution in [0.3, 0.4) is 0 Å². The number of hydrogen-bond acceptors (Lipinski definition) is 6. The highest BCUT2D eigenvalue weighted by Gasteiger charge is 2.34. The van der Waals surface area contributed by atoms with Crippen molar-refractivity contribution in [3.63, 3.8) is 0 Å². The van der Waals surface area contributed by atoms with Crippen molar-refractivity contribution < 1.29 is 18.0 Å². The van der Waals surface area contributed by atoms with Gasteiger partial charge in [-0.15, -0.1) is 0 Å². The maximum atomic E-state index is 12.9. The van der Waals surface area contributed by atoms with Gasteiger partial charge in [-0.2, -0.15) is 0 Å². The van der Waals surface area contributed by atoms with Crippen molar-refractivity contribution in [2.24, 2.45) is 0 Å². The van der Waals surface area contributed by atoms with E-state index in [-0.39, 0.29) is 29.4 Å². The fourth-order valence-corrected chi connectivity index (χ4v) is 5.48. The Morgan fingerprint density at radius 2 is 1.96 bits per heavy atom. The van der Waals surface area contributed by atoms with Gasteiger partial charge in [0.05, 0.1) is 11.5 Å². The summed E-state index contributed by atoms with van der Waals surface area (Å²) in [6.45, 7) is 6.59. The van der Waals surface area contributed by atoms with Gasteiger partial charge in [-0.3, -0.25) is 14.6 Å². The molecule has 1 unspecified atom stereocenters. The van der Waals surface area contributed by atoms with E-state index in [0.717, 1.165) is 5.69 Å². The first-order chi connectivity index (χ1) is 12.8. The standard InChI is InChI=1S/C18H26N4O4S/c1-3-22(16-5-11-27(25,26)13-16)18(24)17-12-15(4-6-19-17)21-9-7-20(8-10-21)14(2)23/h4,6,12,16H,3,5,7-11,13H2,1-2H3. The van der Waals surface area contributed by atoms with E-state index in [0.29, 0.717) is 44.8 Å². The zero-order valence-corrected chi connectivity index (χ0v) is 16.6. The van der Waals surface area contributed by atoms with E-state index >= 15 is 0 Å². The van der Waals surface area contributed by atoms with Crippen molar-refractivity contribution >= 4 is 27.3 Å². The summed E-state index contributed by atoms with van der Waals surface area (Å²) >= 11 is 0. The normalized spacial score (nSPS) is 21.9. The molecule has 0 bridgehead atoms. The van der Waals surface area contributed by atoms with Crippen molar-refractivity contribution in [1.82, 2.24) is 14.8 Å². The lowest BCUT2D eigenvalue weighted by molar-refractivity contribution is -0.129. The van der Waals surface area contributed by atoms with E-state index in [9.17, 15) is 18.0 Å². The van der Waals surface area contributed by atoms with Crippen molar-refractivity contribution in [2.45, 2.75) is 26.3 Å². The molecule has 2 amide bonds. The summed E-state index contributed by atoms with van der Waals surface area (Å²) in [7, 11) is -3.06. The van der Waals surface area contributed by atoms with Crippen LogP contribution >= 0.6 is 0 Å². The Bertz CT molecular complexity index is 818. The summed E-state index contributed by atoms with van der Waals surface area (Å²) in [6, 6.07) is 3.34. The molecule has 0 aliphatic carbocycles. The van der Waals surface area contributed by atoms with Gasteiger partial charge in [0, 0.05) is 57.6 Å². The molecule has 3 heterocycles. The van der Waals surface area contributed by atoms with Crippen LogP contribution in [0.5, 0.6) is 0 Å². The maximum absolute atomic E-state index is 12.9. The maximum Gasteiger partial charge on any atom is 0.272 e. The zero-order chi connectivity index (χ0) is 19.6. The van der Waals surface area contributed by atoms with Gasteiger partial charge in [0.25, 0.3) is 5.91 Å². The van der Waals surface area contributed by atoms with Crippen LogP contribution in [0.1, 0.15) is 30.8 Å². The molecule has 0 spiro atoms. The lowest BCUT2D eigenvalue weighted by Gasteiger charge is -2.35. The first kappa shape index (κ1) is 19.6. The van der Waals surface area contributed by atoms with E-state index in [4.69, 9.17) is 0 Å². The third kappa shape index (κ3) is 4.40. The molecule has 3 rings (SSSR count). The Hall–Kier alpha value is -2.16. The number of carbonyl (C=O) groups is 2.